The molecule has 2 heterocycles. The van der Waals surface area contributed by atoms with Crippen molar-refractivity contribution < 1.29 is 28.5 Å². The highest BCUT2D eigenvalue weighted by molar-refractivity contribution is 6.74. The van der Waals surface area contributed by atoms with E-state index >= 15 is 0 Å². The van der Waals surface area contributed by atoms with Crippen molar-refractivity contribution in [3.05, 3.63) is 131 Å². The molecule has 7 heteroatoms. The molecule has 50 heavy (non-hydrogen) atoms. The summed E-state index contributed by atoms with van der Waals surface area (Å²) >= 11 is 0. The summed E-state index contributed by atoms with van der Waals surface area (Å²) in [5.74, 6) is -0.527. The largest absolute Gasteiger partial charge is 0.493 e. The molecule has 0 aliphatic carbocycles. The summed E-state index contributed by atoms with van der Waals surface area (Å²) in [5.41, 5.74) is 2.18. The minimum Gasteiger partial charge on any atom is -0.493 e. The van der Waals surface area contributed by atoms with Crippen LogP contribution < -0.4 is 0 Å². The highest BCUT2D eigenvalue weighted by Crippen LogP contribution is 2.44. The van der Waals surface area contributed by atoms with Gasteiger partial charge in [-0.15, -0.1) is 0 Å². The first-order valence-electron chi connectivity index (χ1n) is 18.0. The Morgan fingerprint density at radius 2 is 1.34 bits per heavy atom. The molecule has 2 bridgehead atoms. The lowest BCUT2D eigenvalue weighted by molar-refractivity contribution is -0.161. The van der Waals surface area contributed by atoms with Crippen molar-refractivity contribution in [3.63, 3.8) is 0 Å². The number of esters is 1. The summed E-state index contributed by atoms with van der Waals surface area (Å²) in [4.78, 5) is 14.1. The molecule has 0 saturated carbocycles. The Balaban J connectivity index is 1.53. The lowest BCUT2D eigenvalue weighted by atomic mass is 9.76. The number of ether oxygens (including phenoxy) is 3. The van der Waals surface area contributed by atoms with Crippen molar-refractivity contribution in [2.24, 2.45) is 11.3 Å². The predicted molar refractivity (Wildman–Crippen MR) is 202 cm³/mol. The molecule has 0 amide bonds. The van der Waals surface area contributed by atoms with Crippen molar-refractivity contribution in [1.82, 2.24) is 0 Å². The second kappa shape index (κ2) is 15.0. The minimum atomic E-state index is -2.15. The molecule has 2 aliphatic heterocycles. The summed E-state index contributed by atoms with van der Waals surface area (Å²) in [6, 6.07) is 30.5. The number of hydrogen-bond donors (Lipinski definition) is 1. The van der Waals surface area contributed by atoms with Crippen LogP contribution >= 0.6 is 0 Å². The van der Waals surface area contributed by atoms with Gasteiger partial charge in [0.1, 0.15) is 29.5 Å². The van der Waals surface area contributed by atoms with Gasteiger partial charge in [-0.1, -0.05) is 137 Å². The van der Waals surface area contributed by atoms with E-state index in [1.165, 1.54) is 0 Å². The molecule has 0 fully saturated rings. The Hall–Kier alpha value is -3.49. The van der Waals surface area contributed by atoms with E-state index in [4.69, 9.17) is 18.6 Å². The standard InChI is InChI=1S/C43H56O6Si/c1-30-25-36(29-46-43(32-19-13-10-14-20-32,33-21-15-11-16-22-33)34-23-17-12-18-24-34)47-40(45)31(2)37-27-35(49-50(8,9)41(3,4)5)28-39(48-37)42(6,7)38(44)26-30/h10-24,26-27,31,35-36,38-39,44H,25,28-29H2,1-9H3/b30-26+/t31?,35-,36+,38?,39+/m0/s1. The lowest BCUT2D eigenvalue weighted by Crippen LogP contribution is -2.49. The molecule has 1 N–H and O–H groups in total. The molecule has 3 aromatic carbocycles. The fourth-order valence-corrected chi connectivity index (χ4v) is 7.93. The van der Waals surface area contributed by atoms with Gasteiger partial charge in [0.25, 0.3) is 0 Å². The van der Waals surface area contributed by atoms with Gasteiger partial charge in [-0.25, -0.2) is 0 Å². The van der Waals surface area contributed by atoms with Crippen molar-refractivity contribution in [2.75, 3.05) is 6.61 Å². The van der Waals surface area contributed by atoms with Crippen LogP contribution in [0.15, 0.2) is 114 Å². The van der Waals surface area contributed by atoms with Crippen LogP contribution in [0.5, 0.6) is 0 Å². The molecule has 3 aromatic rings. The zero-order valence-electron chi connectivity index (χ0n) is 31.3. The van der Waals surface area contributed by atoms with Gasteiger partial charge < -0.3 is 23.7 Å². The van der Waals surface area contributed by atoms with Gasteiger partial charge in [0.15, 0.2) is 8.32 Å². The average molecular weight is 697 g/mol. The van der Waals surface area contributed by atoms with Crippen LogP contribution in [-0.2, 0) is 29.0 Å². The van der Waals surface area contributed by atoms with E-state index in [0.717, 1.165) is 22.3 Å². The van der Waals surface area contributed by atoms with Gasteiger partial charge in [-0.05, 0) is 54.7 Å². The molecule has 2 aliphatic rings. The summed E-state index contributed by atoms with van der Waals surface area (Å²) in [6.45, 7) is 19.1. The van der Waals surface area contributed by atoms with Gasteiger partial charge in [0.05, 0.1) is 18.8 Å². The highest BCUT2D eigenvalue weighted by Gasteiger charge is 2.46. The second-order valence-corrected chi connectivity index (χ2v) is 20.9. The number of rotatable bonds is 8. The molecule has 0 aromatic heterocycles. The fraction of sp³-hybridized carbons (Fsp3) is 0.465. The lowest BCUT2D eigenvalue weighted by Gasteiger charge is -2.45. The molecular weight excluding hydrogens is 641 g/mol. The van der Waals surface area contributed by atoms with E-state index in [1.54, 1.807) is 0 Å². The van der Waals surface area contributed by atoms with E-state index in [2.05, 4.69) is 70.3 Å². The number of fused-ring (bicyclic) bond motifs is 2. The fourth-order valence-electron chi connectivity index (χ4n) is 6.66. The molecular formula is C43H56O6Si. The normalized spacial score (nSPS) is 25.9. The molecule has 5 atom stereocenters. The molecule has 0 radical (unpaired) electrons. The number of carbonyl (C=O) groups is 1. The molecule has 2 unspecified atom stereocenters. The van der Waals surface area contributed by atoms with Crippen LogP contribution in [0.25, 0.3) is 0 Å². The van der Waals surface area contributed by atoms with E-state index < -0.39 is 37.5 Å². The first-order valence-corrected chi connectivity index (χ1v) is 20.9. The van der Waals surface area contributed by atoms with Crippen LogP contribution in [0.3, 0.4) is 0 Å². The molecule has 6 nitrogen and oxygen atoms in total. The number of aliphatic hydroxyl groups excluding tert-OH is 1. The molecule has 5 rings (SSSR count). The summed E-state index contributed by atoms with van der Waals surface area (Å²) in [5, 5.41) is 11.7. The number of aliphatic hydroxyl groups is 1. The van der Waals surface area contributed by atoms with E-state index in [1.807, 2.05) is 94.4 Å². The first-order chi connectivity index (χ1) is 23.5. The maximum atomic E-state index is 14.1. The Labute approximate surface area is 300 Å². The average Bonchev–Trinajstić information content (AvgIpc) is 3.08. The van der Waals surface area contributed by atoms with Gasteiger partial charge in [-0.2, -0.15) is 0 Å². The van der Waals surface area contributed by atoms with Crippen LogP contribution in [0.4, 0.5) is 0 Å². The van der Waals surface area contributed by atoms with Crippen LogP contribution in [0, 0.1) is 11.3 Å². The van der Waals surface area contributed by atoms with E-state index in [-0.39, 0.29) is 29.8 Å². The quantitative estimate of drug-likeness (QED) is 0.110. The second-order valence-electron chi connectivity index (χ2n) is 16.2. The summed E-state index contributed by atoms with van der Waals surface area (Å²) in [6.07, 6.45) is 2.79. The van der Waals surface area contributed by atoms with Gasteiger partial charge >= 0.3 is 5.97 Å². The topological polar surface area (TPSA) is 74.2 Å². The number of benzene rings is 3. The Kier molecular flexibility index (Phi) is 11.3. The summed E-state index contributed by atoms with van der Waals surface area (Å²) < 4.78 is 26.9. The third-order valence-electron chi connectivity index (χ3n) is 11.0. The number of hydrogen-bond acceptors (Lipinski definition) is 6. The summed E-state index contributed by atoms with van der Waals surface area (Å²) in [7, 11) is -2.15. The monoisotopic (exact) mass is 696 g/mol. The molecule has 268 valence electrons. The van der Waals surface area contributed by atoms with Crippen LogP contribution in [0.2, 0.25) is 18.1 Å². The van der Waals surface area contributed by atoms with Gasteiger partial charge in [0, 0.05) is 18.3 Å². The van der Waals surface area contributed by atoms with Gasteiger partial charge in [0.2, 0.25) is 0 Å². The van der Waals surface area contributed by atoms with Crippen molar-refractivity contribution in [2.45, 2.75) is 109 Å². The predicted octanol–water partition coefficient (Wildman–Crippen LogP) is 9.34. The van der Waals surface area contributed by atoms with Crippen LogP contribution in [0.1, 0.15) is 78.0 Å². The maximum absolute atomic E-state index is 14.1. The molecule has 0 spiro atoms. The zero-order chi connectivity index (χ0) is 36.3. The Morgan fingerprint density at radius 3 is 1.82 bits per heavy atom. The Morgan fingerprint density at radius 1 is 0.840 bits per heavy atom. The third kappa shape index (κ3) is 8.02. The smallest absolute Gasteiger partial charge is 0.316 e. The number of cyclic esters (lactones) is 1. The van der Waals surface area contributed by atoms with E-state index in [9.17, 15) is 9.90 Å². The Bertz CT molecular complexity index is 1540. The van der Waals surface area contributed by atoms with Crippen molar-refractivity contribution in [3.8, 4) is 0 Å². The third-order valence-corrected chi connectivity index (χ3v) is 15.5. The zero-order valence-corrected chi connectivity index (χ0v) is 32.3. The molecule has 0 saturated heterocycles. The van der Waals surface area contributed by atoms with Crippen molar-refractivity contribution in [1.29, 1.82) is 0 Å². The van der Waals surface area contributed by atoms with Crippen LogP contribution in [-0.4, -0.2) is 50.4 Å². The highest BCUT2D eigenvalue weighted by atomic mass is 28.4. The SMILES string of the molecule is C/C1=C\C(O)C(C)(C)[C@H]2C[C@@H](O[Si](C)(C)C(C)(C)C)C=C(O2)C(C)C(=O)O[C@@H](COC(c2ccccc2)(c2ccccc2)c2ccccc2)C1. The first kappa shape index (κ1) is 37.8. The minimum absolute atomic E-state index is 0.0107. The number of carbonyl (C=O) groups excluding carboxylic acids is 1. The maximum Gasteiger partial charge on any atom is 0.316 e. The van der Waals surface area contributed by atoms with Gasteiger partial charge in [-0.3, -0.25) is 4.79 Å². The van der Waals surface area contributed by atoms with E-state index in [0.29, 0.717) is 18.6 Å². The van der Waals surface area contributed by atoms with Crippen molar-refractivity contribution >= 4 is 14.3 Å².